The van der Waals surface area contributed by atoms with Gasteiger partial charge in [-0.1, -0.05) is 13.0 Å². The molecule has 23 heavy (non-hydrogen) atoms. The summed E-state index contributed by atoms with van der Waals surface area (Å²) < 4.78 is 50.3. The fraction of sp³-hybridized carbons (Fsp3) is 0.533. The molecule has 1 aromatic rings. The van der Waals surface area contributed by atoms with Crippen molar-refractivity contribution in [2.75, 3.05) is 12.3 Å². The minimum absolute atomic E-state index is 0.120. The summed E-state index contributed by atoms with van der Waals surface area (Å²) in [5.74, 6) is -2.63. The number of rotatable bonds is 7. The lowest BCUT2D eigenvalue weighted by molar-refractivity contribution is -0.121. The van der Waals surface area contributed by atoms with Gasteiger partial charge in [-0.2, -0.15) is 0 Å². The maximum atomic E-state index is 13.7. The van der Waals surface area contributed by atoms with E-state index in [-0.39, 0.29) is 11.3 Å². The molecule has 0 radical (unpaired) electrons. The zero-order chi connectivity index (χ0) is 17.8. The van der Waals surface area contributed by atoms with Gasteiger partial charge < -0.3 is 10.4 Å². The molecule has 130 valence electrons. The quantitative estimate of drug-likeness (QED) is 0.781. The van der Waals surface area contributed by atoms with E-state index in [9.17, 15) is 27.1 Å². The molecule has 2 N–H and O–H groups in total. The minimum Gasteiger partial charge on any atom is -0.383 e. The lowest BCUT2D eigenvalue weighted by Gasteiger charge is -2.25. The number of hydrogen-bond donors (Lipinski definition) is 2. The Balaban J connectivity index is 2.81. The summed E-state index contributed by atoms with van der Waals surface area (Å²) in [6.07, 6.45) is 0.387. The molecule has 0 saturated heterocycles. The topological polar surface area (TPSA) is 83.5 Å². The zero-order valence-electron chi connectivity index (χ0n) is 13.3. The van der Waals surface area contributed by atoms with Gasteiger partial charge in [-0.05, 0) is 26.3 Å². The van der Waals surface area contributed by atoms with Crippen LogP contribution in [0.2, 0.25) is 0 Å². The summed E-state index contributed by atoms with van der Waals surface area (Å²) >= 11 is 0. The Labute approximate surface area is 134 Å². The molecule has 0 heterocycles. The molecule has 0 aliphatic carbocycles. The number of amides is 1. The third-order valence-electron chi connectivity index (χ3n) is 3.51. The summed E-state index contributed by atoms with van der Waals surface area (Å²) in [5, 5.41) is 11.3. The highest BCUT2D eigenvalue weighted by Gasteiger charge is 2.31. The van der Waals surface area contributed by atoms with Crippen LogP contribution in [0.1, 0.15) is 32.8 Å². The van der Waals surface area contributed by atoms with Gasteiger partial charge in [0.15, 0.2) is 9.84 Å². The van der Waals surface area contributed by atoms with Crippen molar-refractivity contribution in [1.82, 2.24) is 5.32 Å². The number of aliphatic hydroxyl groups is 1. The van der Waals surface area contributed by atoms with Gasteiger partial charge in [0.2, 0.25) is 5.91 Å². The fourth-order valence-electron chi connectivity index (χ4n) is 2.05. The largest absolute Gasteiger partial charge is 0.383 e. The van der Waals surface area contributed by atoms with E-state index in [4.69, 9.17) is 0 Å². The van der Waals surface area contributed by atoms with Crippen LogP contribution < -0.4 is 5.32 Å². The zero-order valence-corrected chi connectivity index (χ0v) is 14.1. The van der Waals surface area contributed by atoms with Crippen molar-refractivity contribution < 1.29 is 27.1 Å². The number of sulfone groups is 1. The Morgan fingerprint density at radius 2 is 2.00 bits per heavy atom. The van der Waals surface area contributed by atoms with Gasteiger partial charge in [0.1, 0.15) is 22.5 Å². The molecule has 1 rings (SSSR count). The molecule has 0 unspecified atom stereocenters. The van der Waals surface area contributed by atoms with Crippen molar-refractivity contribution in [3.63, 3.8) is 0 Å². The van der Waals surface area contributed by atoms with Crippen molar-refractivity contribution >= 4 is 15.7 Å². The van der Waals surface area contributed by atoms with Crippen LogP contribution in [-0.2, 0) is 20.2 Å². The summed E-state index contributed by atoms with van der Waals surface area (Å²) in [4.78, 5) is 11.9. The predicted octanol–water partition coefficient (Wildman–Crippen LogP) is 1.50. The van der Waals surface area contributed by atoms with Crippen molar-refractivity contribution in [2.45, 2.75) is 38.0 Å². The second kappa shape index (κ2) is 7.35. The normalized spacial score (nSPS) is 15.7. The van der Waals surface area contributed by atoms with Crippen LogP contribution in [0.15, 0.2) is 18.2 Å². The average molecular weight is 349 g/mol. The maximum Gasteiger partial charge on any atom is 0.238 e. The molecule has 2 atom stereocenters. The molecule has 0 spiro atoms. The number of nitrogens with one attached hydrogen (secondary N) is 1. The van der Waals surface area contributed by atoms with Gasteiger partial charge >= 0.3 is 0 Å². The van der Waals surface area contributed by atoms with Crippen LogP contribution in [0.4, 0.5) is 8.78 Å². The Morgan fingerprint density at radius 3 is 2.52 bits per heavy atom. The van der Waals surface area contributed by atoms with E-state index in [0.717, 1.165) is 12.1 Å². The molecule has 1 amide bonds. The Kier molecular flexibility index (Phi) is 6.24. The first kappa shape index (κ1) is 19.5. The average Bonchev–Trinajstić information content (AvgIpc) is 2.43. The van der Waals surface area contributed by atoms with Gasteiger partial charge in [-0.15, -0.1) is 0 Å². The summed E-state index contributed by atoms with van der Waals surface area (Å²) in [6, 6.07) is 2.69. The number of halogens is 2. The molecule has 0 saturated carbocycles. The van der Waals surface area contributed by atoms with E-state index < -0.39 is 44.8 Å². The highest BCUT2D eigenvalue weighted by Crippen LogP contribution is 2.23. The molecule has 0 bridgehead atoms. The van der Waals surface area contributed by atoms with Crippen molar-refractivity contribution in [3.05, 3.63) is 35.4 Å². The SMILES string of the molecule is CCCS(=O)(=O)[C@H](C)C(=O)NC[C@@](C)(O)c1ccc(F)cc1F. The van der Waals surface area contributed by atoms with Gasteiger partial charge in [0.05, 0.1) is 12.3 Å². The smallest absolute Gasteiger partial charge is 0.238 e. The fourth-order valence-corrected chi connectivity index (χ4v) is 3.38. The molecule has 0 aromatic heterocycles. The van der Waals surface area contributed by atoms with Crippen LogP contribution in [0.25, 0.3) is 0 Å². The van der Waals surface area contributed by atoms with Crippen molar-refractivity contribution in [2.24, 2.45) is 0 Å². The number of hydrogen-bond acceptors (Lipinski definition) is 4. The van der Waals surface area contributed by atoms with Gasteiger partial charge in [-0.25, -0.2) is 17.2 Å². The number of carbonyl (C=O) groups excluding carboxylic acids is 1. The van der Waals surface area contributed by atoms with Crippen LogP contribution in [0.5, 0.6) is 0 Å². The van der Waals surface area contributed by atoms with Crippen molar-refractivity contribution in [3.8, 4) is 0 Å². The first-order valence-electron chi connectivity index (χ1n) is 7.18. The highest BCUT2D eigenvalue weighted by molar-refractivity contribution is 7.92. The number of benzene rings is 1. The third-order valence-corrected chi connectivity index (χ3v) is 5.78. The molecule has 0 fully saturated rings. The Morgan fingerprint density at radius 1 is 1.39 bits per heavy atom. The molecule has 0 aliphatic heterocycles. The minimum atomic E-state index is -3.57. The lowest BCUT2D eigenvalue weighted by atomic mass is 9.95. The molecule has 5 nitrogen and oxygen atoms in total. The van der Waals surface area contributed by atoms with Gasteiger partial charge in [0, 0.05) is 11.6 Å². The third kappa shape index (κ3) is 4.97. The Hall–Kier alpha value is -1.54. The van der Waals surface area contributed by atoms with Crippen LogP contribution >= 0.6 is 0 Å². The van der Waals surface area contributed by atoms with Crippen LogP contribution in [0, 0.1) is 11.6 Å². The monoisotopic (exact) mass is 349 g/mol. The maximum absolute atomic E-state index is 13.7. The second-order valence-corrected chi connectivity index (χ2v) is 8.07. The molecule has 0 aliphatic rings. The summed E-state index contributed by atoms with van der Waals surface area (Å²) in [6.45, 7) is 3.78. The molecule has 8 heteroatoms. The summed E-state index contributed by atoms with van der Waals surface area (Å²) in [5.41, 5.74) is -2.00. The van der Waals surface area contributed by atoms with Gasteiger partial charge in [-0.3, -0.25) is 4.79 Å². The number of carbonyl (C=O) groups is 1. The van der Waals surface area contributed by atoms with Crippen molar-refractivity contribution in [1.29, 1.82) is 0 Å². The van der Waals surface area contributed by atoms with Crippen LogP contribution in [-0.4, -0.2) is 37.0 Å². The molecular weight excluding hydrogens is 328 g/mol. The standard InChI is InChI=1S/C15H21F2NO4S/c1-4-7-23(21,22)10(2)14(19)18-9-15(3,20)12-6-5-11(16)8-13(12)17/h5-6,8,10,20H,4,7,9H2,1-3H3,(H,18,19)/t10-,15-/m1/s1. The Bertz CT molecular complexity index is 674. The van der Waals surface area contributed by atoms with E-state index in [0.29, 0.717) is 12.5 Å². The van der Waals surface area contributed by atoms with Crippen LogP contribution in [0.3, 0.4) is 0 Å². The van der Waals surface area contributed by atoms with E-state index in [2.05, 4.69) is 5.32 Å². The first-order chi connectivity index (χ1) is 10.5. The van der Waals surface area contributed by atoms with Gasteiger partial charge in [0.25, 0.3) is 0 Å². The second-order valence-electron chi connectivity index (χ2n) is 5.63. The van der Waals surface area contributed by atoms with E-state index in [1.54, 1.807) is 6.92 Å². The van der Waals surface area contributed by atoms with E-state index >= 15 is 0 Å². The first-order valence-corrected chi connectivity index (χ1v) is 8.90. The molecule has 1 aromatic carbocycles. The highest BCUT2D eigenvalue weighted by atomic mass is 32.2. The predicted molar refractivity (Wildman–Crippen MR) is 82.5 cm³/mol. The lowest BCUT2D eigenvalue weighted by Crippen LogP contribution is -2.45. The van der Waals surface area contributed by atoms with E-state index in [1.165, 1.54) is 13.8 Å². The summed E-state index contributed by atoms with van der Waals surface area (Å²) in [7, 11) is -3.57. The molecular formula is C15H21F2NO4S. The van der Waals surface area contributed by atoms with E-state index in [1.807, 2.05) is 0 Å².